The highest BCUT2D eigenvalue weighted by atomic mass is 16.6. The van der Waals surface area contributed by atoms with Crippen LogP contribution in [0.3, 0.4) is 0 Å². The van der Waals surface area contributed by atoms with E-state index < -0.39 is 17.0 Å². The number of hydrogen-bond acceptors (Lipinski definition) is 5. The van der Waals surface area contributed by atoms with E-state index in [1.807, 2.05) is 18.7 Å². The van der Waals surface area contributed by atoms with Crippen molar-refractivity contribution in [3.63, 3.8) is 0 Å². The lowest BCUT2D eigenvalue weighted by atomic mass is 9.97. The molecule has 154 valence electrons. The summed E-state index contributed by atoms with van der Waals surface area (Å²) < 4.78 is 0. The number of nitro groups is 1. The van der Waals surface area contributed by atoms with Gasteiger partial charge in [-0.25, -0.2) is 4.79 Å². The molecule has 1 aromatic carbocycles. The summed E-state index contributed by atoms with van der Waals surface area (Å²) in [5, 5.41) is 16.1. The van der Waals surface area contributed by atoms with Gasteiger partial charge in [0.2, 0.25) is 5.91 Å². The molecular formula is C19H29N5O4. The molecule has 0 radical (unpaired) electrons. The van der Waals surface area contributed by atoms with E-state index in [1.165, 1.54) is 24.3 Å². The molecule has 1 aliphatic rings. The van der Waals surface area contributed by atoms with Crippen molar-refractivity contribution in [3.05, 3.63) is 34.4 Å². The minimum absolute atomic E-state index is 0.0145. The fraction of sp³-hybridized carbons (Fsp3) is 0.579. The lowest BCUT2D eigenvalue weighted by Crippen LogP contribution is -2.57. The Morgan fingerprint density at radius 3 is 2.25 bits per heavy atom. The topological polar surface area (TPSA) is 108 Å². The Labute approximate surface area is 165 Å². The molecule has 9 nitrogen and oxygen atoms in total. The maximum absolute atomic E-state index is 13.0. The van der Waals surface area contributed by atoms with Gasteiger partial charge in [0.05, 0.1) is 4.92 Å². The monoisotopic (exact) mass is 391 g/mol. The normalized spacial score (nSPS) is 16.9. The fourth-order valence-corrected chi connectivity index (χ4v) is 3.14. The number of carbonyl (C=O) groups is 2. The quantitative estimate of drug-likeness (QED) is 0.548. The van der Waals surface area contributed by atoms with Gasteiger partial charge in [0, 0.05) is 44.0 Å². The number of benzene rings is 1. The molecule has 2 atom stereocenters. The van der Waals surface area contributed by atoms with Gasteiger partial charge in [-0.15, -0.1) is 0 Å². The van der Waals surface area contributed by atoms with Gasteiger partial charge < -0.3 is 20.4 Å². The highest BCUT2D eigenvalue weighted by molar-refractivity contribution is 5.94. The average molecular weight is 391 g/mol. The van der Waals surface area contributed by atoms with Crippen LogP contribution in [-0.4, -0.2) is 65.4 Å². The summed E-state index contributed by atoms with van der Waals surface area (Å²) in [5.41, 5.74) is 0.375. The van der Waals surface area contributed by atoms with Crippen molar-refractivity contribution in [3.8, 4) is 0 Å². The van der Waals surface area contributed by atoms with Crippen molar-refractivity contribution < 1.29 is 14.5 Å². The van der Waals surface area contributed by atoms with Gasteiger partial charge in [0.25, 0.3) is 5.69 Å². The first-order valence-corrected chi connectivity index (χ1v) is 9.68. The summed E-state index contributed by atoms with van der Waals surface area (Å²) in [4.78, 5) is 39.7. The van der Waals surface area contributed by atoms with Crippen LogP contribution in [0.4, 0.5) is 16.2 Å². The Kier molecular flexibility index (Phi) is 7.74. The Morgan fingerprint density at radius 1 is 1.14 bits per heavy atom. The highest BCUT2D eigenvalue weighted by Crippen LogP contribution is 2.16. The third-order valence-electron chi connectivity index (χ3n) is 5.23. The van der Waals surface area contributed by atoms with Crippen molar-refractivity contribution in [2.75, 3.05) is 38.0 Å². The second kappa shape index (κ2) is 10.0. The number of nitrogens with zero attached hydrogens (tertiary/aromatic N) is 3. The first kappa shape index (κ1) is 21.6. The van der Waals surface area contributed by atoms with Gasteiger partial charge in [0.15, 0.2) is 0 Å². The highest BCUT2D eigenvalue weighted by Gasteiger charge is 2.31. The van der Waals surface area contributed by atoms with Crippen LogP contribution in [0.1, 0.15) is 27.2 Å². The van der Waals surface area contributed by atoms with E-state index in [1.54, 1.807) is 0 Å². The predicted molar refractivity (Wildman–Crippen MR) is 107 cm³/mol. The van der Waals surface area contributed by atoms with E-state index in [4.69, 9.17) is 0 Å². The zero-order chi connectivity index (χ0) is 20.7. The SMILES string of the molecule is CCC(C)C(NC(=O)Nc1ccc([N+](=O)[O-])cc1)C(=O)N1CCN(CC)CC1. The maximum atomic E-state index is 13.0. The molecule has 1 aliphatic heterocycles. The molecule has 0 aromatic heterocycles. The predicted octanol–water partition coefficient (Wildman–Crippen LogP) is 2.30. The summed E-state index contributed by atoms with van der Waals surface area (Å²) >= 11 is 0. The van der Waals surface area contributed by atoms with Gasteiger partial charge in [-0.05, 0) is 24.6 Å². The standard InChI is InChI=1S/C19H29N5O4/c1-4-14(3)17(18(25)23-12-10-22(5-2)11-13-23)21-19(26)20-15-6-8-16(9-7-15)24(27)28/h6-9,14,17H,4-5,10-13H2,1-3H3,(H2,20,21,26). The van der Waals surface area contributed by atoms with E-state index in [0.29, 0.717) is 18.8 Å². The average Bonchev–Trinajstić information content (AvgIpc) is 2.71. The third kappa shape index (κ3) is 5.66. The van der Waals surface area contributed by atoms with Crippen LogP contribution in [0.25, 0.3) is 0 Å². The van der Waals surface area contributed by atoms with Gasteiger partial charge in [-0.2, -0.15) is 0 Å². The van der Waals surface area contributed by atoms with Crippen LogP contribution in [0.15, 0.2) is 24.3 Å². The first-order chi connectivity index (χ1) is 13.3. The van der Waals surface area contributed by atoms with E-state index >= 15 is 0 Å². The second-order valence-corrected chi connectivity index (χ2v) is 7.03. The molecule has 0 spiro atoms. The number of piperazine rings is 1. The van der Waals surface area contributed by atoms with Crippen molar-refractivity contribution in [1.29, 1.82) is 0 Å². The minimum Gasteiger partial charge on any atom is -0.338 e. The number of amides is 3. The summed E-state index contributed by atoms with van der Waals surface area (Å²) in [5.74, 6) is -0.0803. The van der Waals surface area contributed by atoms with E-state index in [0.717, 1.165) is 26.1 Å². The smallest absolute Gasteiger partial charge is 0.319 e. The number of carbonyl (C=O) groups excluding carboxylic acids is 2. The molecule has 2 unspecified atom stereocenters. The number of non-ortho nitro benzene ring substituents is 1. The molecule has 28 heavy (non-hydrogen) atoms. The number of rotatable bonds is 7. The molecule has 1 saturated heterocycles. The number of urea groups is 1. The number of nitrogens with one attached hydrogen (secondary N) is 2. The number of likely N-dealkylation sites (N-methyl/N-ethyl adjacent to an activating group) is 1. The second-order valence-electron chi connectivity index (χ2n) is 7.03. The molecule has 2 N–H and O–H groups in total. The lowest BCUT2D eigenvalue weighted by Gasteiger charge is -2.37. The molecular weight excluding hydrogens is 362 g/mol. The zero-order valence-corrected chi connectivity index (χ0v) is 16.7. The molecule has 9 heteroatoms. The molecule has 1 aromatic rings. The molecule has 0 aliphatic carbocycles. The van der Waals surface area contributed by atoms with Crippen molar-refractivity contribution >= 4 is 23.3 Å². The summed E-state index contributed by atoms with van der Waals surface area (Å²) in [6.07, 6.45) is 0.753. The van der Waals surface area contributed by atoms with Crippen molar-refractivity contribution in [2.24, 2.45) is 5.92 Å². The summed E-state index contributed by atoms with van der Waals surface area (Å²) in [7, 11) is 0. The molecule has 1 heterocycles. The first-order valence-electron chi connectivity index (χ1n) is 9.68. The van der Waals surface area contributed by atoms with Gasteiger partial charge >= 0.3 is 6.03 Å². The van der Waals surface area contributed by atoms with E-state index in [-0.39, 0.29) is 17.5 Å². The van der Waals surface area contributed by atoms with Gasteiger partial charge in [0.1, 0.15) is 6.04 Å². The molecule has 2 rings (SSSR count). The van der Waals surface area contributed by atoms with E-state index in [2.05, 4.69) is 22.5 Å². The van der Waals surface area contributed by atoms with Crippen LogP contribution in [0.5, 0.6) is 0 Å². The van der Waals surface area contributed by atoms with E-state index in [9.17, 15) is 19.7 Å². The molecule has 3 amide bonds. The Hall–Kier alpha value is -2.68. The Balaban J connectivity index is 1.99. The zero-order valence-electron chi connectivity index (χ0n) is 16.7. The largest absolute Gasteiger partial charge is 0.338 e. The molecule has 1 fully saturated rings. The fourth-order valence-electron chi connectivity index (χ4n) is 3.14. The van der Waals surface area contributed by atoms with Gasteiger partial charge in [-0.3, -0.25) is 14.9 Å². The lowest BCUT2D eigenvalue weighted by molar-refractivity contribution is -0.384. The molecule has 0 bridgehead atoms. The number of hydrogen-bond donors (Lipinski definition) is 2. The van der Waals surface area contributed by atoms with Crippen LogP contribution >= 0.6 is 0 Å². The van der Waals surface area contributed by atoms with Crippen molar-refractivity contribution in [1.82, 2.24) is 15.1 Å². The molecule has 0 saturated carbocycles. The van der Waals surface area contributed by atoms with Crippen LogP contribution in [0, 0.1) is 16.0 Å². The van der Waals surface area contributed by atoms with Crippen LogP contribution in [-0.2, 0) is 4.79 Å². The van der Waals surface area contributed by atoms with Crippen molar-refractivity contribution in [2.45, 2.75) is 33.2 Å². The van der Waals surface area contributed by atoms with Crippen LogP contribution in [0.2, 0.25) is 0 Å². The summed E-state index contributed by atoms with van der Waals surface area (Å²) in [6.45, 7) is 9.98. The third-order valence-corrected chi connectivity index (χ3v) is 5.23. The Bertz CT molecular complexity index is 686. The maximum Gasteiger partial charge on any atom is 0.319 e. The number of nitro benzene ring substituents is 1. The summed E-state index contributed by atoms with van der Waals surface area (Å²) in [6, 6.07) is 4.44. The number of anilines is 1. The van der Waals surface area contributed by atoms with Crippen LogP contribution < -0.4 is 10.6 Å². The van der Waals surface area contributed by atoms with Gasteiger partial charge in [-0.1, -0.05) is 27.2 Å². The minimum atomic E-state index is -0.615. The Morgan fingerprint density at radius 2 is 1.75 bits per heavy atom.